The highest BCUT2D eigenvalue weighted by atomic mass is 16.5. The average Bonchev–Trinajstić information content (AvgIpc) is 2.47. The van der Waals surface area contributed by atoms with Crippen LogP contribution in [0.2, 0.25) is 0 Å². The van der Waals surface area contributed by atoms with Gasteiger partial charge in [-0.1, -0.05) is 32.9 Å². The van der Waals surface area contributed by atoms with E-state index in [1.807, 2.05) is 6.07 Å². The van der Waals surface area contributed by atoms with Crippen molar-refractivity contribution in [2.24, 2.45) is 11.3 Å². The first-order chi connectivity index (χ1) is 9.99. The second-order valence-electron chi connectivity index (χ2n) is 7.47. The number of benzene rings is 1. The van der Waals surface area contributed by atoms with Crippen molar-refractivity contribution >= 4 is 0 Å². The van der Waals surface area contributed by atoms with E-state index in [9.17, 15) is 0 Å². The lowest BCUT2D eigenvalue weighted by Crippen LogP contribution is -2.37. The van der Waals surface area contributed by atoms with E-state index in [0.717, 1.165) is 24.6 Å². The molecule has 1 N–H and O–H groups in total. The van der Waals surface area contributed by atoms with Gasteiger partial charge >= 0.3 is 0 Å². The standard InChI is InChI=1S/C19H31NO/c1-19(2,3)16-8-10-17(11-9-16)20-13-12-15-6-5-7-18(14-15)21-4/h5-7,14,16-17,20H,8-13H2,1-4H3. The van der Waals surface area contributed by atoms with E-state index < -0.39 is 0 Å². The van der Waals surface area contributed by atoms with Crippen molar-refractivity contribution < 1.29 is 4.74 Å². The van der Waals surface area contributed by atoms with Gasteiger partial charge in [-0.15, -0.1) is 0 Å². The molecule has 2 heteroatoms. The Kier molecular flexibility index (Phi) is 5.69. The molecule has 1 aromatic rings. The van der Waals surface area contributed by atoms with Crippen molar-refractivity contribution in [3.05, 3.63) is 29.8 Å². The highest BCUT2D eigenvalue weighted by molar-refractivity contribution is 5.28. The Morgan fingerprint density at radius 3 is 2.48 bits per heavy atom. The van der Waals surface area contributed by atoms with E-state index in [2.05, 4.69) is 44.3 Å². The molecule has 118 valence electrons. The number of rotatable bonds is 5. The number of hydrogen-bond acceptors (Lipinski definition) is 2. The lowest BCUT2D eigenvalue weighted by Gasteiger charge is -2.37. The molecule has 0 spiro atoms. The van der Waals surface area contributed by atoms with Gasteiger partial charge in [0, 0.05) is 6.04 Å². The van der Waals surface area contributed by atoms with Gasteiger partial charge in [-0.3, -0.25) is 0 Å². The van der Waals surface area contributed by atoms with Gasteiger partial charge in [0.1, 0.15) is 5.75 Å². The molecule has 1 saturated carbocycles. The predicted octanol–water partition coefficient (Wildman–Crippen LogP) is 4.43. The topological polar surface area (TPSA) is 21.3 Å². The third kappa shape index (κ3) is 5.03. The molecule has 0 saturated heterocycles. The molecule has 0 aromatic heterocycles. The van der Waals surface area contributed by atoms with Crippen LogP contribution >= 0.6 is 0 Å². The molecule has 2 rings (SSSR count). The molecule has 1 fully saturated rings. The Bertz CT molecular complexity index is 427. The lowest BCUT2D eigenvalue weighted by molar-refractivity contribution is 0.160. The van der Waals surface area contributed by atoms with Crippen molar-refractivity contribution in [2.45, 2.75) is 58.9 Å². The van der Waals surface area contributed by atoms with Gasteiger partial charge in [0.15, 0.2) is 0 Å². The van der Waals surface area contributed by atoms with E-state index in [-0.39, 0.29) is 0 Å². The third-order valence-electron chi connectivity index (χ3n) is 4.93. The fourth-order valence-electron chi connectivity index (χ4n) is 3.41. The molecule has 0 unspecified atom stereocenters. The molecule has 0 amide bonds. The van der Waals surface area contributed by atoms with Crippen molar-refractivity contribution in [3.8, 4) is 5.75 Å². The summed E-state index contributed by atoms with van der Waals surface area (Å²) in [7, 11) is 1.73. The van der Waals surface area contributed by atoms with Crippen LogP contribution in [-0.4, -0.2) is 19.7 Å². The molecule has 21 heavy (non-hydrogen) atoms. The van der Waals surface area contributed by atoms with Gasteiger partial charge < -0.3 is 10.1 Å². The van der Waals surface area contributed by atoms with Crippen LogP contribution in [0.4, 0.5) is 0 Å². The van der Waals surface area contributed by atoms with E-state index >= 15 is 0 Å². The molecular weight excluding hydrogens is 258 g/mol. The average molecular weight is 289 g/mol. The normalized spacial score (nSPS) is 23.0. The van der Waals surface area contributed by atoms with Crippen molar-refractivity contribution in [1.82, 2.24) is 5.32 Å². The largest absolute Gasteiger partial charge is 0.497 e. The fourth-order valence-corrected chi connectivity index (χ4v) is 3.41. The number of methoxy groups -OCH3 is 1. The van der Waals surface area contributed by atoms with Crippen LogP contribution in [-0.2, 0) is 6.42 Å². The van der Waals surface area contributed by atoms with Gasteiger partial charge in [0.2, 0.25) is 0 Å². The van der Waals surface area contributed by atoms with Crippen LogP contribution in [0.1, 0.15) is 52.0 Å². The molecule has 0 heterocycles. The Morgan fingerprint density at radius 2 is 1.86 bits per heavy atom. The predicted molar refractivity (Wildman–Crippen MR) is 89.9 cm³/mol. The Morgan fingerprint density at radius 1 is 1.14 bits per heavy atom. The minimum atomic E-state index is 0.478. The summed E-state index contributed by atoms with van der Waals surface area (Å²) in [5.74, 6) is 1.85. The van der Waals surface area contributed by atoms with Crippen LogP contribution in [0.15, 0.2) is 24.3 Å². The SMILES string of the molecule is COc1cccc(CCNC2CCC(C(C)(C)C)CC2)c1. The zero-order valence-electron chi connectivity index (χ0n) is 14.1. The molecular formula is C19H31NO. The van der Waals surface area contributed by atoms with Gasteiger partial charge in [-0.2, -0.15) is 0 Å². The summed E-state index contributed by atoms with van der Waals surface area (Å²) < 4.78 is 5.27. The van der Waals surface area contributed by atoms with Crippen molar-refractivity contribution in [2.75, 3.05) is 13.7 Å². The zero-order chi connectivity index (χ0) is 15.3. The Labute approximate surface area is 130 Å². The van der Waals surface area contributed by atoms with Crippen LogP contribution in [0.25, 0.3) is 0 Å². The van der Waals surface area contributed by atoms with E-state index in [1.54, 1.807) is 7.11 Å². The second-order valence-corrected chi connectivity index (χ2v) is 7.47. The third-order valence-corrected chi connectivity index (χ3v) is 4.93. The first-order valence-corrected chi connectivity index (χ1v) is 8.35. The summed E-state index contributed by atoms with van der Waals surface area (Å²) in [6, 6.07) is 9.11. The highest BCUT2D eigenvalue weighted by Crippen LogP contribution is 2.37. The monoisotopic (exact) mass is 289 g/mol. The molecule has 1 aliphatic carbocycles. The molecule has 0 atom stereocenters. The lowest BCUT2D eigenvalue weighted by atomic mass is 9.71. The molecule has 0 aliphatic heterocycles. The number of nitrogens with one attached hydrogen (secondary N) is 1. The molecule has 1 aromatic carbocycles. The minimum Gasteiger partial charge on any atom is -0.497 e. The number of ether oxygens (including phenoxy) is 1. The summed E-state index contributed by atoms with van der Waals surface area (Å²) in [5, 5.41) is 3.74. The Hall–Kier alpha value is -1.02. The summed E-state index contributed by atoms with van der Waals surface area (Å²) >= 11 is 0. The van der Waals surface area contributed by atoms with Crippen molar-refractivity contribution in [1.29, 1.82) is 0 Å². The fraction of sp³-hybridized carbons (Fsp3) is 0.684. The van der Waals surface area contributed by atoms with E-state index in [1.165, 1.54) is 31.2 Å². The summed E-state index contributed by atoms with van der Waals surface area (Å²) in [6.45, 7) is 8.22. The first kappa shape index (κ1) is 16.4. The molecule has 0 bridgehead atoms. The maximum absolute atomic E-state index is 5.27. The maximum Gasteiger partial charge on any atom is 0.119 e. The van der Waals surface area contributed by atoms with Crippen LogP contribution < -0.4 is 10.1 Å². The van der Waals surface area contributed by atoms with E-state index in [0.29, 0.717) is 11.5 Å². The maximum atomic E-state index is 5.27. The summed E-state index contributed by atoms with van der Waals surface area (Å²) in [4.78, 5) is 0. The minimum absolute atomic E-state index is 0.478. The van der Waals surface area contributed by atoms with E-state index in [4.69, 9.17) is 4.74 Å². The summed E-state index contributed by atoms with van der Waals surface area (Å²) in [5.41, 5.74) is 1.83. The second kappa shape index (κ2) is 7.31. The van der Waals surface area contributed by atoms with Crippen molar-refractivity contribution in [3.63, 3.8) is 0 Å². The Balaban J connectivity index is 1.70. The summed E-state index contributed by atoms with van der Waals surface area (Å²) in [6.07, 6.45) is 6.50. The smallest absolute Gasteiger partial charge is 0.119 e. The van der Waals surface area contributed by atoms with Crippen LogP contribution in [0, 0.1) is 11.3 Å². The van der Waals surface area contributed by atoms with Crippen LogP contribution in [0.3, 0.4) is 0 Å². The first-order valence-electron chi connectivity index (χ1n) is 8.35. The molecule has 1 aliphatic rings. The van der Waals surface area contributed by atoms with Gasteiger partial charge in [0.25, 0.3) is 0 Å². The van der Waals surface area contributed by atoms with Gasteiger partial charge in [-0.25, -0.2) is 0 Å². The van der Waals surface area contributed by atoms with Gasteiger partial charge in [0.05, 0.1) is 7.11 Å². The zero-order valence-corrected chi connectivity index (χ0v) is 14.1. The quantitative estimate of drug-likeness (QED) is 0.865. The number of hydrogen-bond donors (Lipinski definition) is 1. The highest BCUT2D eigenvalue weighted by Gasteiger charge is 2.29. The van der Waals surface area contributed by atoms with Crippen LogP contribution in [0.5, 0.6) is 5.75 Å². The molecule has 2 nitrogen and oxygen atoms in total. The molecule has 0 radical (unpaired) electrons. The van der Waals surface area contributed by atoms with Gasteiger partial charge in [-0.05, 0) is 67.7 Å².